The third-order valence-corrected chi connectivity index (χ3v) is 2.38. The van der Waals surface area contributed by atoms with Gasteiger partial charge in [-0.25, -0.2) is 0 Å². The van der Waals surface area contributed by atoms with E-state index in [1.807, 2.05) is 0 Å². The normalized spacial score (nSPS) is 35.6. The number of hydrogen-bond donors (Lipinski definition) is 1. The largest absolute Gasteiger partial charge is 0.176 e. The van der Waals surface area contributed by atoms with E-state index in [0.29, 0.717) is 10.7 Å². The molecule has 1 atom stereocenters. The Morgan fingerprint density at radius 2 is 2.12 bits per heavy atom. The van der Waals surface area contributed by atoms with Gasteiger partial charge in [0.2, 0.25) is 0 Å². The number of hydrogen-bond acceptors (Lipinski definition) is 1. The Bertz CT molecular complexity index is 86.4. The number of thiol groups is 1. The highest BCUT2D eigenvalue weighted by atomic mass is 32.1. The summed E-state index contributed by atoms with van der Waals surface area (Å²) in [4.78, 5) is 0. The Morgan fingerprint density at radius 1 is 1.50 bits per heavy atom. The predicted octanol–water partition coefficient (Wildman–Crippen LogP) is 2.49. The first-order valence-corrected chi connectivity index (χ1v) is 3.80. The summed E-state index contributed by atoms with van der Waals surface area (Å²) in [6.07, 6.45) is 3.98. The summed E-state index contributed by atoms with van der Waals surface area (Å²) in [5.41, 5.74) is 0.590. The van der Waals surface area contributed by atoms with Gasteiger partial charge in [0.25, 0.3) is 0 Å². The van der Waals surface area contributed by atoms with Crippen LogP contribution in [0, 0.1) is 5.41 Å². The summed E-state index contributed by atoms with van der Waals surface area (Å²) in [6, 6.07) is 0. The van der Waals surface area contributed by atoms with Crippen molar-refractivity contribution in [3.05, 3.63) is 0 Å². The second-order valence-electron chi connectivity index (χ2n) is 3.56. The van der Waals surface area contributed by atoms with Gasteiger partial charge in [-0.1, -0.05) is 13.8 Å². The van der Waals surface area contributed by atoms with Crippen LogP contribution in [0.4, 0.5) is 0 Å². The van der Waals surface area contributed by atoms with Crippen molar-refractivity contribution in [1.82, 2.24) is 0 Å². The van der Waals surface area contributed by atoms with E-state index in [1.165, 1.54) is 19.3 Å². The van der Waals surface area contributed by atoms with Gasteiger partial charge in [-0.15, -0.1) is 0 Å². The molecule has 0 amide bonds. The molecule has 0 aliphatic heterocycles. The topological polar surface area (TPSA) is 0 Å². The molecule has 0 N–H and O–H groups in total. The average molecular weight is 130 g/mol. The zero-order valence-electron chi connectivity index (χ0n) is 5.65. The van der Waals surface area contributed by atoms with Gasteiger partial charge >= 0.3 is 0 Å². The SMILES string of the molecule is CC1(C)CCC(S)C1. The molecule has 8 heavy (non-hydrogen) atoms. The third kappa shape index (κ3) is 1.41. The molecule has 1 fully saturated rings. The van der Waals surface area contributed by atoms with Crippen molar-refractivity contribution >= 4 is 12.6 Å². The van der Waals surface area contributed by atoms with E-state index < -0.39 is 0 Å². The molecule has 0 spiro atoms. The molecule has 0 radical (unpaired) electrons. The molecule has 1 heteroatoms. The molecule has 0 aromatic carbocycles. The van der Waals surface area contributed by atoms with Crippen LogP contribution in [0.25, 0.3) is 0 Å². The zero-order chi connectivity index (χ0) is 6.20. The minimum absolute atomic E-state index is 0.590. The van der Waals surface area contributed by atoms with Crippen LogP contribution in [-0.4, -0.2) is 5.25 Å². The van der Waals surface area contributed by atoms with Crippen LogP contribution in [0.1, 0.15) is 33.1 Å². The van der Waals surface area contributed by atoms with Crippen LogP contribution >= 0.6 is 12.6 Å². The molecule has 1 aliphatic carbocycles. The first-order chi connectivity index (χ1) is 3.60. The monoisotopic (exact) mass is 130 g/mol. The van der Waals surface area contributed by atoms with Crippen LogP contribution in [0.2, 0.25) is 0 Å². The van der Waals surface area contributed by atoms with Crippen molar-refractivity contribution < 1.29 is 0 Å². The lowest BCUT2D eigenvalue weighted by Gasteiger charge is -2.14. The molecule has 48 valence electrons. The molecular formula is C7H14S. The van der Waals surface area contributed by atoms with E-state index in [9.17, 15) is 0 Å². The highest BCUT2D eigenvalue weighted by Crippen LogP contribution is 2.39. The minimum atomic E-state index is 0.590. The van der Waals surface area contributed by atoms with E-state index >= 15 is 0 Å². The Kier molecular flexibility index (Phi) is 1.57. The van der Waals surface area contributed by atoms with Gasteiger partial charge in [-0.3, -0.25) is 0 Å². The Morgan fingerprint density at radius 3 is 2.25 bits per heavy atom. The highest BCUT2D eigenvalue weighted by molar-refractivity contribution is 7.80. The second-order valence-corrected chi connectivity index (χ2v) is 4.29. The maximum absolute atomic E-state index is 4.41. The average Bonchev–Trinajstić information content (AvgIpc) is 1.82. The fourth-order valence-corrected chi connectivity index (χ4v) is 2.02. The van der Waals surface area contributed by atoms with Crippen molar-refractivity contribution in [1.29, 1.82) is 0 Å². The fourth-order valence-electron chi connectivity index (χ4n) is 1.40. The van der Waals surface area contributed by atoms with Crippen molar-refractivity contribution in [2.75, 3.05) is 0 Å². The fraction of sp³-hybridized carbons (Fsp3) is 1.00. The van der Waals surface area contributed by atoms with Gasteiger partial charge in [0.15, 0.2) is 0 Å². The van der Waals surface area contributed by atoms with Crippen LogP contribution in [0.15, 0.2) is 0 Å². The Hall–Kier alpha value is 0.350. The van der Waals surface area contributed by atoms with Gasteiger partial charge in [0.1, 0.15) is 0 Å². The molecule has 1 unspecified atom stereocenters. The van der Waals surface area contributed by atoms with Crippen LogP contribution in [0.3, 0.4) is 0 Å². The first-order valence-electron chi connectivity index (χ1n) is 3.28. The molecule has 0 aromatic rings. The van der Waals surface area contributed by atoms with Crippen molar-refractivity contribution in [3.63, 3.8) is 0 Å². The van der Waals surface area contributed by atoms with Gasteiger partial charge in [0.05, 0.1) is 0 Å². The summed E-state index contributed by atoms with van der Waals surface area (Å²) in [7, 11) is 0. The van der Waals surface area contributed by atoms with Gasteiger partial charge in [0, 0.05) is 5.25 Å². The molecule has 0 aromatic heterocycles. The van der Waals surface area contributed by atoms with Gasteiger partial charge in [-0.2, -0.15) is 12.6 Å². The lowest BCUT2D eigenvalue weighted by atomic mass is 9.92. The minimum Gasteiger partial charge on any atom is -0.176 e. The molecule has 0 nitrogen and oxygen atoms in total. The van der Waals surface area contributed by atoms with Crippen LogP contribution in [0.5, 0.6) is 0 Å². The van der Waals surface area contributed by atoms with Crippen LogP contribution in [-0.2, 0) is 0 Å². The number of rotatable bonds is 0. The molecule has 0 bridgehead atoms. The molecular weight excluding hydrogens is 116 g/mol. The maximum Gasteiger partial charge on any atom is 0.00220 e. The third-order valence-electron chi connectivity index (χ3n) is 1.94. The predicted molar refractivity (Wildman–Crippen MR) is 40.4 cm³/mol. The summed E-state index contributed by atoms with van der Waals surface area (Å²) in [5, 5.41) is 0.685. The zero-order valence-corrected chi connectivity index (χ0v) is 6.54. The molecule has 0 heterocycles. The van der Waals surface area contributed by atoms with Gasteiger partial charge < -0.3 is 0 Å². The molecule has 1 aliphatic rings. The molecule has 1 rings (SSSR count). The summed E-state index contributed by atoms with van der Waals surface area (Å²) in [5.74, 6) is 0. The van der Waals surface area contributed by atoms with E-state index in [-0.39, 0.29) is 0 Å². The maximum atomic E-state index is 4.41. The second kappa shape index (κ2) is 1.94. The van der Waals surface area contributed by atoms with Gasteiger partial charge in [-0.05, 0) is 24.7 Å². The van der Waals surface area contributed by atoms with E-state index in [0.717, 1.165) is 0 Å². The highest BCUT2D eigenvalue weighted by Gasteiger charge is 2.28. The molecule has 1 saturated carbocycles. The smallest absolute Gasteiger partial charge is 0.00220 e. The van der Waals surface area contributed by atoms with Crippen molar-refractivity contribution in [2.24, 2.45) is 5.41 Å². The first kappa shape index (κ1) is 6.47. The summed E-state index contributed by atoms with van der Waals surface area (Å²) < 4.78 is 0. The Balaban J connectivity index is 2.44. The van der Waals surface area contributed by atoms with Crippen LogP contribution < -0.4 is 0 Å². The summed E-state index contributed by atoms with van der Waals surface area (Å²) >= 11 is 4.41. The van der Waals surface area contributed by atoms with Crippen molar-refractivity contribution in [3.8, 4) is 0 Å². The van der Waals surface area contributed by atoms with E-state index in [2.05, 4.69) is 26.5 Å². The lowest BCUT2D eigenvalue weighted by Crippen LogP contribution is -2.04. The summed E-state index contributed by atoms with van der Waals surface area (Å²) in [6.45, 7) is 4.65. The lowest BCUT2D eigenvalue weighted by molar-refractivity contribution is 0.383. The Labute approximate surface area is 57.1 Å². The van der Waals surface area contributed by atoms with E-state index in [4.69, 9.17) is 0 Å². The quantitative estimate of drug-likeness (QED) is 0.478. The standard InChI is InChI=1S/C7H14S/c1-7(2)4-3-6(8)5-7/h6,8H,3-5H2,1-2H3. The molecule has 0 saturated heterocycles. The van der Waals surface area contributed by atoms with E-state index in [1.54, 1.807) is 0 Å². The van der Waals surface area contributed by atoms with Crippen molar-refractivity contribution in [2.45, 2.75) is 38.4 Å².